The van der Waals surface area contributed by atoms with Gasteiger partial charge >= 0.3 is 4.87 Å². The Hall–Kier alpha value is -2.33. The minimum atomic E-state index is -0.372. The number of aromatic nitrogens is 1. The van der Waals surface area contributed by atoms with Gasteiger partial charge in [0.2, 0.25) is 17.7 Å². The molecule has 1 N–H and O–H groups in total. The molecule has 6 unspecified atom stereocenters. The van der Waals surface area contributed by atoms with Gasteiger partial charge in [0.1, 0.15) is 12.3 Å². The summed E-state index contributed by atoms with van der Waals surface area (Å²) >= 11 is 2.88. The summed E-state index contributed by atoms with van der Waals surface area (Å²) in [5, 5.41) is 1.00. The van der Waals surface area contributed by atoms with Crippen LogP contribution in [0.2, 0.25) is 0 Å². The molecule has 34 heavy (non-hydrogen) atoms. The Morgan fingerprint density at radius 3 is 2.59 bits per heavy atom. The zero-order valence-corrected chi connectivity index (χ0v) is 20.1. The van der Waals surface area contributed by atoms with Crippen LogP contribution >= 0.6 is 23.1 Å². The highest BCUT2D eigenvalue weighted by molar-refractivity contribution is 8.00. The van der Waals surface area contributed by atoms with Crippen molar-refractivity contribution in [2.75, 3.05) is 19.6 Å². The average molecular weight is 500 g/mol. The van der Waals surface area contributed by atoms with Crippen LogP contribution in [0.1, 0.15) is 42.2 Å². The van der Waals surface area contributed by atoms with Crippen LogP contribution in [-0.4, -0.2) is 57.4 Å². The average Bonchev–Trinajstić information content (AvgIpc) is 3.65. The number of imide groups is 1. The number of hydrogen-bond donors (Lipinski definition) is 1. The number of fused-ring (bicyclic) bond motifs is 9. The van der Waals surface area contributed by atoms with Crippen molar-refractivity contribution in [3.05, 3.63) is 38.7 Å². The molecule has 3 aliphatic heterocycles. The van der Waals surface area contributed by atoms with Crippen molar-refractivity contribution in [1.29, 1.82) is 0 Å². The number of carbonyl (C=O) groups excluding carboxylic acids is 3. The second-order valence-corrected chi connectivity index (χ2v) is 12.4. The van der Waals surface area contributed by atoms with E-state index >= 15 is 0 Å². The number of carbonyl (C=O) groups is 3. The number of hydrogen-bond acceptors (Lipinski definition) is 7. The number of nitrogens with one attached hydrogen (secondary N) is 1. The van der Waals surface area contributed by atoms with E-state index in [0.29, 0.717) is 13.1 Å². The summed E-state index contributed by atoms with van der Waals surface area (Å²) in [5.41, 5.74) is 0. The Balaban J connectivity index is 1.21. The largest absolute Gasteiger partial charge is 0.469 e. The topological polar surface area (TPSA) is 104 Å². The quantitative estimate of drug-likeness (QED) is 0.651. The van der Waals surface area contributed by atoms with E-state index in [4.69, 9.17) is 4.42 Å². The summed E-state index contributed by atoms with van der Waals surface area (Å²) in [4.78, 5) is 59.1. The van der Waals surface area contributed by atoms with Crippen LogP contribution < -0.4 is 4.87 Å². The minimum Gasteiger partial charge on any atom is -0.469 e. The van der Waals surface area contributed by atoms with E-state index in [1.807, 2.05) is 12.1 Å². The number of furan rings is 1. The number of H-pyrrole nitrogens is 1. The normalized spacial score (nSPS) is 36.1. The lowest BCUT2D eigenvalue weighted by atomic mass is 9.69. The van der Waals surface area contributed by atoms with Crippen molar-refractivity contribution >= 4 is 40.8 Å². The highest BCUT2D eigenvalue weighted by atomic mass is 32.2. The summed E-state index contributed by atoms with van der Waals surface area (Å²) in [6, 6.07) is 3.80. The van der Waals surface area contributed by atoms with Gasteiger partial charge in [0.05, 0.1) is 33.9 Å². The number of amides is 3. The van der Waals surface area contributed by atoms with Crippen molar-refractivity contribution in [2.45, 2.75) is 41.9 Å². The predicted octanol–water partition coefficient (Wildman–Crippen LogP) is 2.52. The predicted molar refractivity (Wildman–Crippen MR) is 124 cm³/mol. The first-order valence-corrected chi connectivity index (χ1v) is 13.8. The standard InChI is InChI=1S/C24H25N3O5S2/c28-14(26-6-2-1-3-7-26)10-27-22(29)16-11-9-12(17(16)23(27)30)19-15(11)18(13-5-4-8-32-13)20-21(33-19)25-24(31)34-20/h4-5,8,11-12,15-19H,1-3,6-7,9-10H2,(H,25,31)/t11?,12?,15?,16?,17?,18-,19?/m1/s1. The summed E-state index contributed by atoms with van der Waals surface area (Å²) in [5.74, 6) is -0.260. The zero-order valence-electron chi connectivity index (χ0n) is 18.5. The Morgan fingerprint density at radius 1 is 1.09 bits per heavy atom. The fraction of sp³-hybridized carbons (Fsp3) is 0.583. The first-order valence-electron chi connectivity index (χ1n) is 12.1. The Labute approximate surface area is 204 Å². The van der Waals surface area contributed by atoms with Crippen molar-refractivity contribution in [2.24, 2.45) is 29.6 Å². The highest BCUT2D eigenvalue weighted by Gasteiger charge is 2.69. The first kappa shape index (κ1) is 21.0. The van der Waals surface area contributed by atoms with Gasteiger partial charge in [0, 0.05) is 18.3 Å². The maximum atomic E-state index is 13.6. The molecular weight excluding hydrogens is 474 g/mol. The molecule has 2 saturated heterocycles. The molecule has 2 bridgehead atoms. The molecule has 10 heteroatoms. The van der Waals surface area contributed by atoms with Gasteiger partial charge in [0.15, 0.2) is 0 Å². The summed E-state index contributed by atoms with van der Waals surface area (Å²) in [7, 11) is 0. The lowest BCUT2D eigenvalue weighted by Gasteiger charge is -2.42. The molecule has 2 aliphatic carbocycles. The van der Waals surface area contributed by atoms with Crippen LogP contribution in [0.3, 0.4) is 0 Å². The number of thiazole rings is 1. The molecule has 7 atom stereocenters. The molecule has 3 amide bonds. The fourth-order valence-corrected chi connectivity index (χ4v) is 10.3. The molecular formula is C24H25N3O5S2. The third kappa shape index (κ3) is 2.84. The maximum absolute atomic E-state index is 13.6. The molecule has 8 nitrogen and oxygen atoms in total. The lowest BCUT2D eigenvalue weighted by molar-refractivity contribution is -0.147. The van der Waals surface area contributed by atoms with Gasteiger partial charge < -0.3 is 14.3 Å². The van der Waals surface area contributed by atoms with E-state index in [-0.39, 0.29) is 69.9 Å². The molecule has 0 radical (unpaired) electrons. The zero-order chi connectivity index (χ0) is 23.1. The molecule has 7 rings (SSSR count). The van der Waals surface area contributed by atoms with Crippen LogP contribution in [0, 0.1) is 29.6 Å². The first-order chi connectivity index (χ1) is 16.5. The maximum Gasteiger partial charge on any atom is 0.305 e. The molecule has 2 saturated carbocycles. The van der Waals surface area contributed by atoms with Crippen LogP contribution in [0.15, 0.2) is 32.6 Å². The summed E-state index contributed by atoms with van der Waals surface area (Å²) in [6.07, 6.45) is 5.55. The number of likely N-dealkylation sites (tertiary alicyclic amines) is 2. The van der Waals surface area contributed by atoms with Crippen molar-refractivity contribution in [1.82, 2.24) is 14.8 Å². The number of nitrogens with zero attached hydrogens (tertiary/aromatic N) is 2. The lowest BCUT2D eigenvalue weighted by Crippen LogP contribution is -2.45. The van der Waals surface area contributed by atoms with Crippen LogP contribution in [0.25, 0.3) is 0 Å². The van der Waals surface area contributed by atoms with Gasteiger partial charge in [-0.3, -0.25) is 24.1 Å². The molecule has 178 valence electrons. The Morgan fingerprint density at radius 2 is 1.85 bits per heavy atom. The molecule has 4 fully saturated rings. The van der Waals surface area contributed by atoms with Gasteiger partial charge in [-0.15, -0.1) is 11.8 Å². The molecule has 0 spiro atoms. The molecule has 2 aromatic rings. The SMILES string of the molecule is O=C(CN1C(=O)C2C3CC(C2C1=O)C1C3Sc2[nH]c(=O)sc2[C@@H]1c1ccco1)N1CCCCC1. The van der Waals surface area contributed by atoms with E-state index in [2.05, 4.69) is 4.98 Å². The molecule has 0 aromatic carbocycles. The van der Waals surface area contributed by atoms with Crippen LogP contribution in [0.4, 0.5) is 0 Å². The minimum absolute atomic E-state index is 0.0412. The van der Waals surface area contributed by atoms with E-state index < -0.39 is 0 Å². The van der Waals surface area contributed by atoms with Gasteiger partial charge in [-0.25, -0.2) is 0 Å². The highest BCUT2D eigenvalue weighted by Crippen LogP contribution is 2.68. The van der Waals surface area contributed by atoms with Crippen molar-refractivity contribution in [3.8, 4) is 0 Å². The van der Waals surface area contributed by atoms with Crippen molar-refractivity contribution < 1.29 is 18.8 Å². The van der Waals surface area contributed by atoms with E-state index in [1.54, 1.807) is 22.9 Å². The van der Waals surface area contributed by atoms with E-state index in [0.717, 1.165) is 41.3 Å². The second kappa shape index (κ2) is 7.58. The van der Waals surface area contributed by atoms with Crippen molar-refractivity contribution in [3.63, 3.8) is 0 Å². The van der Waals surface area contributed by atoms with Gasteiger partial charge in [-0.1, -0.05) is 11.3 Å². The smallest absolute Gasteiger partial charge is 0.305 e. The van der Waals surface area contributed by atoms with E-state index in [9.17, 15) is 19.2 Å². The van der Waals surface area contributed by atoms with Gasteiger partial charge in [0.25, 0.3) is 0 Å². The molecule has 5 heterocycles. The number of rotatable bonds is 3. The monoisotopic (exact) mass is 499 g/mol. The van der Waals surface area contributed by atoms with Gasteiger partial charge in [-0.05, 0) is 55.6 Å². The third-order valence-electron chi connectivity index (χ3n) is 8.67. The fourth-order valence-electron chi connectivity index (χ4n) is 7.40. The number of piperidine rings is 1. The van der Waals surface area contributed by atoms with Crippen LogP contribution in [-0.2, 0) is 14.4 Å². The Kier molecular flexibility index (Phi) is 4.68. The summed E-state index contributed by atoms with van der Waals surface area (Å²) in [6.45, 7) is 1.29. The van der Waals surface area contributed by atoms with Crippen LogP contribution in [0.5, 0.6) is 0 Å². The third-order valence-corrected chi connectivity index (χ3v) is 11.3. The number of thioether (sulfide) groups is 1. The molecule has 5 aliphatic rings. The van der Waals surface area contributed by atoms with Gasteiger partial charge in [-0.2, -0.15) is 0 Å². The van der Waals surface area contributed by atoms with E-state index in [1.165, 1.54) is 16.2 Å². The molecule has 2 aromatic heterocycles. The number of aromatic amines is 1. The second-order valence-electron chi connectivity index (χ2n) is 10.2. The summed E-state index contributed by atoms with van der Waals surface area (Å²) < 4.78 is 5.82. The Bertz CT molecular complexity index is 1230.